The van der Waals surface area contributed by atoms with E-state index in [4.69, 9.17) is 16.3 Å². The number of rotatable bonds is 3. The summed E-state index contributed by atoms with van der Waals surface area (Å²) in [5.41, 5.74) is 2.75. The molecule has 0 bridgehead atoms. The van der Waals surface area contributed by atoms with Crippen molar-refractivity contribution in [2.24, 2.45) is 11.0 Å². The van der Waals surface area contributed by atoms with Crippen molar-refractivity contribution in [3.8, 4) is 0 Å². The first-order valence-electron chi connectivity index (χ1n) is 6.68. The summed E-state index contributed by atoms with van der Waals surface area (Å²) < 4.78 is 4.86. The second-order valence-corrected chi connectivity index (χ2v) is 5.17. The first-order chi connectivity index (χ1) is 10.6. The Morgan fingerprint density at radius 3 is 2.77 bits per heavy atom. The van der Waals surface area contributed by atoms with Crippen molar-refractivity contribution in [2.75, 3.05) is 11.5 Å². The van der Waals surface area contributed by atoms with Crippen molar-refractivity contribution in [3.05, 3.63) is 29.3 Å². The van der Waals surface area contributed by atoms with E-state index >= 15 is 0 Å². The Kier molecular flexibility index (Phi) is 3.58. The number of para-hydroxylation sites is 1. The van der Waals surface area contributed by atoms with Crippen LogP contribution in [0.15, 0.2) is 29.4 Å². The lowest BCUT2D eigenvalue weighted by molar-refractivity contribution is -0.136. The van der Waals surface area contributed by atoms with Gasteiger partial charge < -0.3 is 4.74 Å². The number of hydrogen-bond donors (Lipinski definition) is 1. The fourth-order valence-electron chi connectivity index (χ4n) is 2.53. The lowest BCUT2D eigenvalue weighted by atomic mass is 9.99. The van der Waals surface area contributed by atoms with Crippen LogP contribution in [-0.4, -0.2) is 36.1 Å². The molecule has 0 radical (unpaired) electrons. The predicted octanol–water partition coefficient (Wildman–Crippen LogP) is 0.720. The number of hydrogen-bond acceptors (Lipinski definition) is 6. The molecule has 0 aliphatic carbocycles. The van der Waals surface area contributed by atoms with Crippen LogP contribution in [0.25, 0.3) is 0 Å². The number of benzene rings is 1. The van der Waals surface area contributed by atoms with E-state index in [1.165, 1.54) is 0 Å². The van der Waals surface area contributed by atoms with Crippen molar-refractivity contribution in [2.45, 2.75) is 13.0 Å². The Morgan fingerprint density at radius 2 is 2.09 bits per heavy atom. The topological polar surface area (TPSA) is 88.1 Å². The molecule has 114 valence electrons. The Morgan fingerprint density at radius 1 is 1.36 bits per heavy atom. The minimum atomic E-state index is -0.983. The molecule has 0 spiro atoms. The average molecular weight is 322 g/mol. The molecule has 2 heterocycles. The van der Waals surface area contributed by atoms with Gasteiger partial charge in [0.2, 0.25) is 5.91 Å². The van der Waals surface area contributed by atoms with E-state index in [1.807, 2.05) is 0 Å². The Bertz CT molecular complexity index is 703. The number of carbonyl (C=O) groups is 3. The Hall–Kier alpha value is -2.41. The fraction of sp³-hybridized carbons (Fsp3) is 0.286. The van der Waals surface area contributed by atoms with E-state index in [9.17, 15) is 14.4 Å². The molecule has 8 heteroatoms. The number of carbonyl (C=O) groups excluding carboxylic acids is 3. The van der Waals surface area contributed by atoms with Gasteiger partial charge in [-0.25, -0.2) is 9.69 Å². The summed E-state index contributed by atoms with van der Waals surface area (Å²) >= 11 is 6.05. The minimum Gasteiger partial charge on any atom is -0.461 e. The van der Waals surface area contributed by atoms with Crippen molar-refractivity contribution in [1.29, 1.82) is 0 Å². The van der Waals surface area contributed by atoms with Crippen LogP contribution < -0.4 is 10.3 Å². The van der Waals surface area contributed by atoms with Crippen LogP contribution in [0.2, 0.25) is 5.02 Å². The van der Waals surface area contributed by atoms with Gasteiger partial charge in [-0.2, -0.15) is 5.10 Å². The number of esters is 1. The first kappa shape index (κ1) is 14.5. The highest BCUT2D eigenvalue weighted by atomic mass is 35.5. The standard InChI is InChI=1S/C14H12ClN3O4/c1-2-22-14(21)11-9-10(16-17-11)13(20)18(12(9)19)8-6-4-3-5-7(8)15/h3-6,9-10,16H,2H2,1H3/t9-,10-/m0/s1. The van der Waals surface area contributed by atoms with Crippen molar-refractivity contribution >= 4 is 40.8 Å². The van der Waals surface area contributed by atoms with Crippen molar-refractivity contribution < 1.29 is 19.1 Å². The second-order valence-electron chi connectivity index (χ2n) is 4.77. The number of nitrogens with zero attached hydrogens (tertiary/aromatic N) is 2. The molecule has 0 saturated carbocycles. The summed E-state index contributed by atoms with van der Waals surface area (Å²) in [6.07, 6.45) is 0. The van der Waals surface area contributed by atoms with E-state index in [0.29, 0.717) is 5.69 Å². The molecular formula is C14H12ClN3O4. The largest absolute Gasteiger partial charge is 0.461 e. The molecule has 22 heavy (non-hydrogen) atoms. The molecule has 2 amide bonds. The lowest BCUT2D eigenvalue weighted by Crippen LogP contribution is -2.36. The molecule has 0 unspecified atom stereocenters. The first-order valence-corrected chi connectivity index (χ1v) is 7.06. The average Bonchev–Trinajstić information content (AvgIpc) is 3.02. The van der Waals surface area contributed by atoms with Crippen LogP contribution >= 0.6 is 11.6 Å². The molecule has 1 N–H and O–H groups in total. The molecule has 1 saturated heterocycles. The number of halogens is 1. The van der Waals surface area contributed by atoms with Gasteiger partial charge in [-0.1, -0.05) is 23.7 Å². The van der Waals surface area contributed by atoms with Gasteiger partial charge in [0.05, 0.1) is 17.3 Å². The third-order valence-corrected chi connectivity index (χ3v) is 3.82. The van der Waals surface area contributed by atoms with Crippen LogP contribution in [0.3, 0.4) is 0 Å². The van der Waals surface area contributed by atoms with E-state index in [-0.39, 0.29) is 17.3 Å². The predicted molar refractivity (Wildman–Crippen MR) is 78.4 cm³/mol. The number of anilines is 1. The van der Waals surface area contributed by atoms with E-state index in [2.05, 4.69) is 10.5 Å². The summed E-state index contributed by atoms with van der Waals surface area (Å²) in [6.45, 7) is 1.81. The molecule has 3 rings (SSSR count). The number of ether oxygens (including phenoxy) is 1. The summed E-state index contributed by atoms with van der Waals surface area (Å²) in [5.74, 6) is -2.72. The number of nitrogens with one attached hydrogen (secondary N) is 1. The number of imide groups is 1. The normalized spacial score (nSPS) is 23.2. The molecule has 2 atom stereocenters. The highest BCUT2D eigenvalue weighted by Crippen LogP contribution is 2.34. The lowest BCUT2D eigenvalue weighted by Gasteiger charge is -2.16. The van der Waals surface area contributed by atoms with Crippen LogP contribution in [0.1, 0.15) is 6.92 Å². The molecular weight excluding hydrogens is 310 g/mol. The van der Waals surface area contributed by atoms with Gasteiger partial charge >= 0.3 is 5.97 Å². The highest BCUT2D eigenvalue weighted by Gasteiger charge is 2.56. The smallest absolute Gasteiger partial charge is 0.355 e. The zero-order valence-corrected chi connectivity index (χ0v) is 12.3. The molecule has 2 aliphatic heterocycles. The molecule has 0 aromatic heterocycles. The maximum atomic E-state index is 12.6. The summed E-state index contributed by atoms with van der Waals surface area (Å²) in [4.78, 5) is 37.9. The van der Waals surface area contributed by atoms with Crippen LogP contribution in [0.4, 0.5) is 5.69 Å². The number of fused-ring (bicyclic) bond motifs is 1. The maximum absolute atomic E-state index is 12.6. The molecule has 1 aromatic rings. The molecule has 7 nitrogen and oxygen atoms in total. The van der Waals surface area contributed by atoms with Gasteiger partial charge in [0.15, 0.2) is 5.71 Å². The van der Waals surface area contributed by atoms with Gasteiger partial charge in [0.25, 0.3) is 5.91 Å². The van der Waals surface area contributed by atoms with Gasteiger partial charge in [-0.15, -0.1) is 0 Å². The van der Waals surface area contributed by atoms with Crippen LogP contribution in [-0.2, 0) is 19.1 Å². The monoisotopic (exact) mass is 321 g/mol. The van der Waals surface area contributed by atoms with Crippen molar-refractivity contribution in [3.63, 3.8) is 0 Å². The summed E-state index contributed by atoms with van der Waals surface area (Å²) in [7, 11) is 0. The third kappa shape index (κ3) is 2.05. The van der Waals surface area contributed by atoms with E-state index < -0.39 is 29.7 Å². The molecule has 2 aliphatic rings. The number of amides is 2. The van der Waals surface area contributed by atoms with Crippen LogP contribution in [0.5, 0.6) is 0 Å². The maximum Gasteiger partial charge on any atom is 0.355 e. The summed E-state index contributed by atoms with van der Waals surface area (Å²) in [5, 5.41) is 4.06. The quantitative estimate of drug-likeness (QED) is 0.654. The zero-order chi connectivity index (χ0) is 15.9. The molecule has 1 fully saturated rings. The minimum absolute atomic E-state index is 0.0836. The third-order valence-electron chi connectivity index (χ3n) is 3.50. The number of hydrazone groups is 1. The fourth-order valence-corrected chi connectivity index (χ4v) is 2.75. The van der Waals surface area contributed by atoms with Crippen molar-refractivity contribution in [1.82, 2.24) is 5.43 Å². The van der Waals surface area contributed by atoms with Gasteiger partial charge in [0.1, 0.15) is 12.0 Å². The van der Waals surface area contributed by atoms with Crippen LogP contribution in [0, 0.1) is 5.92 Å². The molecule has 1 aromatic carbocycles. The van der Waals surface area contributed by atoms with E-state index in [1.54, 1.807) is 31.2 Å². The van der Waals surface area contributed by atoms with Gasteiger partial charge in [0, 0.05) is 0 Å². The van der Waals surface area contributed by atoms with Gasteiger partial charge in [-0.3, -0.25) is 15.0 Å². The van der Waals surface area contributed by atoms with E-state index in [0.717, 1.165) is 4.90 Å². The second kappa shape index (κ2) is 5.42. The highest BCUT2D eigenvalue weighted by molar-refractivity contribution is 6.47. The SMILES string of the molecule is CCOC(=O)C1=NN[C@@H]2C(=O)N(c3ccccc3Cl)C(=O)[C@H]12. The zero-order valence-electron chi connectivity index (χ0n) is 11.6. The summed E-state index contributed by atoms with van der Waals surface area (Å²) in [6, 6.07) is 5.62. The van der Waals surface area contributed by atoms with Gasteiger partial charge in [-0.05, 0) is 19.1 Å². The Balaban J connectivity index is 1.95. The Labute approximate surface area is 130 Å².